The van der Waals surface area contributed by atoms with Gasteiger partial charge in [0.15, 0.2) is 0 Å². The maximum atomic E-state index is 10.9. The Hall–Kier alpha value is -1.45. The minimum absolute atomic E-state index is 0.00139. The normalized spacial score (nSPS) is 12.4. The topological polar surface area (TPSA) is 89.6 Å². The molecule has 1 aromatic rings. The lowest BCUT2D eigenvalue weighted by atomic mass is 10.0. The summed E-state index contributed by atoms with van der Waals surface area (Å²) in [7, 11) is -1.02. The van der Waals surface area contributed by atoms with E-state index in [-0.39, 0.29) is 17.4 Å². The summed E-state index contributed by atoms with van der Waals surface area (Å²) in [6, 6.07) is 4.65. The molecule has 0 heterocycles. The summed E-state index contributed by atoms with van der Waals surface area (Å²) in [4.78, 5) is 10.9. The Balaban J connectivity index is 3.06. The number of carbonyl (C=O) groups is 1. The lowest BCUT2D eigenvalue weighted by Gasteiger charge is -2.06. The highest BCUT2D eigenvalue weighted by Gasteiger charge is 2.15. The summed E-state index contributed by atoms with van der Waals surface area (Å²) in [5, 5.41) is 8.94. The first-order valence-electron chi connectivity index (χ1n) is 4.70. The van der Waals surface area contributed by atoms with E-state index < -0.39 is 14.7 Å². The van der Waals surface area contributed by atoms with Gasteiger partial charge in [-0.2, -0.15) is 0 Å². The van der Waals surface area contributed by atoms with E-state index in [0.29, 0.717) is 6.42 Å². The molecule has 5 nitrogen and oxygen atoms in total. The standard InChI is InChI=1S/C10H12NO4P/c1-6(11)4-7-2-3-9(15-16-14)8(5-7)10(12)13/h2-3,5-6,16H,4,11H2,1H3/p+1/t6-/m1/s1. The van der Waals surface area contributed by atoms with Crippen LogP contribution in [0.3, 0.4) is 0 Å². The number of benzene rings is 1. The highest BCUT2D eigenvalue weighted by atomic mass is 31.1. The molecular weight excluding hydrogens is 229 g/mol. The fourth-order valence-corrected chi connectivity index (χ4v) is 1.64. The Bertz CT molecular complexity index is 406. The Morgan fingerprint density at radius 2 is 2.31 bits per heavy atom. The van der Waals surface area contributed by atoms with Crippen molar-refractivity contribution < 1.29 is 19.0 Å². The van der Waals surface area contributed by atoms with Gasteiger partial charge in [0.1, 0.15) is 5.56 Å². The van der Waals surface area contributed by atoms with Gasteiger partial charge in [0.05, 0.1) is 0 Å². The van der Waals surface area contributed by atoms with Crippen molar-refractivity contribution in [2.75, 3.05) is 0 Å². The van der Waals surface area contributed by atoms with Crippen LogP contribution >= 0.6 is 8.69 Å². The molecule has 86 valence electrons. The molecule has 16 heavy (non-hydrogen) atoms. The molecule has 0 saturated carbocycles. The molecule has 0 spiro atoms. The van der Waals surface area contributed by atoms with Crippen molar-refractivity contribution in [2.45, 2.75) is 19.4 Å². The van der Waals surface area contributed by atoms with Crippen LogP contribution in [0, 0.1) is 0 Å². The van der Waals surface area contributed by atoms with Crippen molar-refractivity contribution in [2.24, 2.45) is 5.73 Å². The third-order valence-electron chi connectivity index (χ3n) is 1.98. The van der Waals surface area contributed by atoms with Crippen molar-refractivity contribution in [3.8, 4) is 5.75 Å². The molecule has 0 aliphatic carbocycles. The Morgan fingerprint density at radius 3 is 2.81 bits per heavy atom. The largest absolute Gasteiger partial charge is 0.542 e. The summed E-state index contributed by atoms with van der Waals surface area (Å²) < 4.78 is 15.0. The van der Waals surface area contributed by atoms with Crippen LogP contribution in [0.25, 0.3) is 0 Å². The predicted molar refractivity (Wildman–Crippen MR) is 60.4 cm³/mol. The van der Waals surface area contributed by atoms with Gasteiger partial charge in [-0.05, 0) is 35.6 Å². The van der Waals surface area contributed by atoms with Crippen LogP contribution in [0.1, 0.15) is 22.8 Å². The zero-order chi connectivity index (χ0) is 12.1. The van der Waals surface area contributed by atoms with Gasteiger partial charge in [0, 0.05) is 6.04 Å². The van der Waals surface area contributed by atoms with E-state index in [9.17, 15) is 9.36 Å². The Kier molecular flexibility index (Phi) is 4.40. The van der Waals surface area contributed by atoms with Gasteiger partial charge in [-0.3, -0.25) is 4.52 Å². The predicted octanol–water partition coefficient (Wildman–Crippen LogP) is 1.59. The third kappa shape index (κ3) is 3.29. The van der Waals surface area contributed by atoms with Crippen molar-refractivity contribution >= 4 is 14.7 Å². The van der Waals surface area contributed by atoms with E-state index in [0.717, 1.165) is 5.56 Å². The van der Waals surface area contributed by atoms with Gasteiger partial charge in [-0.25, -0.2) is 4.79 Å². The second-order valence-electron chi connectivity index (χ2n) is 3.50. The SMILES string of the molecule is C[C@@H](N)Cc1ccc(O[PH+]=O)c(C(=O)O)c1. The number of rotatable bonds is 5. The van der Waals surface area contributed by atoms with E-state index >= 15 is 0 Å². The molecule has 1 rings (SSSR count). The van der Waals surface area contributed by atoms with Gasteiger partial charge < -0.3 is 10.8 Å². The van der Waals surface area contributed by atoms with Crippen molar-refractivity contribution in [1.29, 1.82) is 0 Å². The van der Waals surface area contributed by atoms with Gasteiger partial charge in [-0.1, -0.05) is 6.07 Å². The maximum Gasteiger partial charge on any atom is 0.542 e. The zero-order valence-corrected chi connectivity index (χ0v) is 9.77. The van der Waals surface area contributed by atoms with Crippen molar-refractivity contribution in [3.05, 3.63) is 29.3 Å². The summed E-state index contributed by atoms with van der Waals surface area (Å²) in [6.07, 6.45) is 0.584. The molecule has 6 heteroatoms. The molecule has 0 bridgehead atoms. The van der Waals surface area contributed by atoms with Gasteiger partial charge in [0.25, 0.3) is 0 Å². The molecular formula is C10H13NO4P+. The molecule has 0 fully saturated rings. The Morgan fingerprint density at radius 1 is 1.62 bits per heavy atom. The molecule has 1 unspecified atom stereocenters. The summed E-state index contributed by atoms with van der Waals surface area (Å²) >= 11 is 0. The molecule has 0 aromatic heterocycles. The van der Waals surface area contributed by atoms with E-state index in [1.807, 2.05) is 6.92 Å². The van der Waals surface area contributed by atoms with Crippen molar-refractivity contribution in [1.82, 2.24) is 0 Å². The first-order valence-corrected chi connectivity index (χ1v) is 5.52. The fourth-order valence-electron chi connectivity index (χ4n) is 1.38. The lowest BCUT2D eigenvalue weighted by Crippen LogP contribution is -2.18. The summed E-state index contributed by atoms with van der Waals surface area (Å²) in [5.41, 5.74) is 6.44. The second-order valence-corrected chi connectivity index (χ2v) is 3.87. The highest BCUT2D eigenvalue weighted by Crippen LogP contribution is 2.23. The molecule has 0 saturated heterocycles. The third-order valence-corrected chi connectivity index (χ3v) is 2.29. The maximum absolute atomic E-state index is 10.9. The van der Waals surface area contributed by atoms with Crippen molar-refractivity contribution in [3.63, 3.8) is 0 Å². The average Bonchev–Trinajstić information content (AvgIpc) is 2.19. The minimum Gasteiger partial charge on any atom is -0.478 e. The van der Waals surface area contributed by atoms with E-state index in [1.165, 1.54) is 12.1 Å². The van der Waals surface area contributed by atoms with Crippen LogP contribution in [-0.2, 0) is 11.0 Å². The number of carboxylic acid groups (broad SMARTS) is 1. The molecule has 0 radical (unpaired) electrons. The van der Waals surface area contributed by atoms with Crippen LogP contribution in [0.5, 0.6) is 5.75 Å². The molecule has 2 atom stereocenters. The van der Waals surface area contributed by atoms with E-state index in [1.54, 1.807) is 6.07 Å². The molecule has 3 N–H and O–H groups in total. The molecule has 0 aliphatic rings. The lowest BCUT2D eigenvalue weighted by molar-refractivity contribution is 0.0695. The monoisotopic (exact) mass is 242 g/mol. The van der Waals surface area contributed by atoms with Gasteiger partial charge >= 0.3 is 14.7 Å². The number of hydrogen-bond donors (Lipinski definition) is 2. The number of nitrogens with two attached hydrogens (primary N) is 1. The quantitative estimate of drug-likeness (QED) is 0.765. The van der Waals surface area contributed by atoms with Gasteiger partial charge in [0.2, 0.25) is 5.75 Å². The van der Waals surface area contributed by atoms with E-state index in [2.05, 4.69) is 0 Å². The molecule has 0 aliphatic heterocycles. The summed E-state index contributed by atoms with van der Waals surface area (Å²) in [6.45, 7) is 1.84. The number of aromatic carboxylic acids is 1. The first-order chi connectivity index (χ1) is 7.54. The minimum atomic E-state index is -1.11. The van der Waals surface area contributed by atoms with Crippen LogP contribution in [0.2, 0.25) is 0 Å². The smallest absolute Gasteiger partial charge is 0.478 e. The zero-order valence-electron chi connectivity index (χ0n) is 8.77. The molecule has 0 amide bonds. The molecule has 1 aromatic carbocycles. The first kappa shape index (κ1) is 12.6. The second kappa shape index (κ2) is 5.58. The average molecular weight is 242 g/mol. The number of carboxylic acids is 1. The Labute approximate surface area is 94.5 Å². The highest BCUT2D eigenvalue weighted by molar-refractivity contribution is 7.17. The van der Waals surface area contributed by atoms with Gasteiger partial charge in [-0.15, -0.1) is 0 Å². The van der Waals surface area contributed by atoms with Crippen LogP contribution in [-0.4, -0.2) is 17.1 Å². The summed E-state index contributed by atoms with van der Waals surface area (Å²) in [5.74, 6) is -1.01. The van der Waals surface area contributed by atoms with Crippen LogP contribution in [0.15, 0.2) is 18.2 Å². The van der Waals surface area contributed by atoms with Crippen LogP contribution < -0.4 is 10.3 Å². The van der Waals surface area contributed by atoms with E-state index in [4.69, 9.17) is 15.4 Å². The fraction of sp³-hybridized carbons (Fsp3) is 0.300. The van der Waals surface area contributed by atoms with Crippen LogP contribution in [0.4, 0.5) is 0 Å². The number of hydrogen-bond acceptors (Lipinski definition) is 4.